The number of nitrogens with one attached hydrogen (secondary N) is 1. The van der Waals surface area contributed by atoms with E-state index < -0.39 is 0 Å². The standard InChI is InChI=1S/C19H17Cl2N5O/c20-15-4-3-12(11-23-15)10-14-2-1-9-26(19(14)27)18-16(21)17(24-25-18)13-5-7-22-8-6-13/h3-8,11,14H,1-2,9-10H2,(H,24,25)/t14-/m1/s1. The maximum atomic E-state index is 13.1. The van der Waals surface area contributed by atoms with Gasteiger partial charge in [-0.1, -0.05) is 29.3 Å². The molecular formula is C19H17Cl2N5O. The van der Waals surface area contributed by atoms with Gasteiger partial charge in [-0.05, 0) is 43.0 Å². The number of aromatic nitrogens is 4. The molecule has 3 aromatic rings. The lowest BCUT2D eigenvalue weighted by Crippen LogP contribution is -2.42. The number of aromatic amines is 1. The second-order valence-electron chi connectivity index (χ2n) is 6.49. The summed E-state index contributed by atoms with van der Waals surface area (Å²) in [7, 11) is 0. The van der Waals surface area contributed by atoms with Gasteiger partial charge in [-0.15, -0.1) is 0 Å². The summed E-state index contributed by atoms with van der Waals surface area (Å²) in [5, 5.41) is 8.14. The summed E-state index contributed by atoms with van der Waals surface area (Å²) in [6, 6.07) is 7.32. The predicted molar refractivity (Wildman–Crippen MR) is 105 cm³/mol. The number of carbonyl (C=O) groups excluding carboxylic acids is 1. The van der Waals surface area contributed by atoms with Crippen LogP contribution in [0.2, 0.25) is 10.2 Å². The Morgan fingerprint density at radius 2 is 2.00 bits per heavy atom. The summed E-state index contributed by atoms with van der Waals surface area (Å²) in [4.78, 5) is 22.9. The van der Waals surface area contributed by atoms with Gasteiger partial charge in [0, 0.05) is 36.6 Å². The van der Waals surface area contributed by atoms with Crippen LogP contribution in [0.3, 0.4) is 0 Å². The molecule has 1 N–H and O–H groups in total. The quantitative estimate of drug-likeness (QED) is 0.665. The number of rotatable bonds is 4. The van der Waals surface area contributed by atoms with Crippen LogP contribution in [0.1, 0.15) is 18.4 Å². The highest BCUT2D eigenvalue weighted by molar-refractivity contribution is 6.36. The Morgan fingerprint density at radius 1 is 1.19 bits per heavy atom. The second kappa shape index (κ2) is 7.66. The lowest BCUT2D eigenvalue weighted by atomic mass is 9.91. The molecule has 0 bridgehead atoms. The van der Waals surface area contributed by atoms with Crippen LogP contribution in [0.4, 0.5) is 5.82 Å². The molecule has 0 spiro atoms. The Kier molecular flexibility index (Phi) is 5.09. The minimum atomic E-state index is -0.120. The summed E-state index contributed by atoms with van der Waals surface area (Å²) in [5.74, 6) is 0.473. The van der Waals surface area contributed by atoms with Gasteiger partial charge in [-0.3, -0.25) is 19.8 Å². The van der Waals surface area contributed by atoms with Crippen molar-refractivity contribution in [3.8, 4) is 11.3 Å². The van der Waals surface area contributed by atoms with Crippen LogP contribution in [-0.2, 0) is 11.2 Å². The molecule has 4 heterocycles. The van der Waals surface area contributed by atoms with Crippen molar-refractivity contribution < 1.29 is 4.79 Å². The van der Waals surface area contributed by atoms with Crippen LogP contribution in [-0.4, -0.2) is 32.6 Å². The van der Waals surface area contributed by atoms with E-state index in [0.29, 0.717) is 34.7 Å². The second-order valence-corrected chi connectivity index (χ2v) is 7.26. The molecule has 1 aliphatic rings. The van der Waals surface area contributed by atoms with Crippen molar-refractivity contribution in [1.29, 1.82) is 0 Å². The van der Waals surface area contributed by atoms with Crippen LogP contribution in [0.5, 0.6) is 0 Å². The summed E-state index contributed by atoms with van der Waals surface area (Å²) in [6.07, 6.45) is 7.45. The summed E-state index contributed by atoms with van der Waals surface area (Å²) >= 11 is 12.4. The van der Waals surface area contributed by atoms with Gasteiger partial charge in [0.25, 0.3) is 0 Å². The zero-order valence-electron chi connectivity index (χ0n) is 14.4. The minimum Gasteiger partial charge on any atom is -0.296 e. The molecule has 138 valence electrons. The summed E-state index contributed by atoms with van der Waals surface area (Å²) in [6.45, 7) is 0.617. The fourth-order valence-corrected chi connectivity index (χ4v) is 3.78. The topological polar surface area (TPSA) is 74.8 Å². The molecule has 4 rings (SSSR count). The lowest BCUT2D eigenvalue weighted by molar-refractivity contribution is -0.123. The predicted octanol–water partition coefficient (Wildman–Crippen LogP) is 4.16. The number of amides is 1. The van der Waals surface area contributed by atoms with Crippen LogP contribution in [0, 0.1) is 5.92 Å². The lowest BCUT2D eigenvalue weighted by Gasteiger charge is -2.31. The first-order valence-electron chi connectivity index (χ1n) is 8.69. The van der Waals surface area contributed by atoms with Gasteiger partial charge in [0.1, 0.15) is 15.9 Å². The maximum Gasteiger partial charge on any atom is 0.231 e. The van der Waals surface area contributed by atoms with E-state index in [2.05, 4.69) is 20.2 Å². The Hall–Kier alpha value is -2.44. The average molecular weight is 402 g/mol. The number of hydrogen-bond acceptors (Lipinski definition) is 4. The van der Waals surface area contributed by atoms with Crippen molar-refractivity contribution in [1.82, 2.24) is 20.2 Å². The fraction of sp³-hybridized carbons (Fsp3) is 0.263. The number of H-pyrrole nitrogens is 1. The molecule has 1 saturated heterocycles. The van der Waals surface area contributed by atoms with Crippen LogP contribution in [0.25, 0.3) is 11.3 Å². The molecule has 0 aliphatic carbocycles. The van der Waals surface area contributed by atoms with E-state index >= 15 is 0 Å². The molecule has 1 aliphatic heterocycles. The van der Waals surface area contributed by atoms with Crippen molar-refractivity contribution in [2.24, 2.45) is 5.92 Å². The Labute approximate surface area is 166 Å². The molecular weight excluding hydrogens is 385 g/mol. The highest BCUT2D eigenvalue weighted by Crippen LogP contribution is 2.36. The molecule has 0 radical (unpaired) electrons. The number of nitrogens with zero attached hydrogens (tertiary/aromatic N) is 4. The smallest absolute Gasteiger partial charge is 0.231 e. The number of anilines is 1. The third-order valence-corrected chi connectivity index (χ3v) is 5.32. The van der Waals surface area contributed by atoms with E-state index in [1.165, 1.54) is 0 Å². The van der Waals surface area contributed by atoms with Gasteiger partial charge >= 0.3 is 0 Å². The van der Waals surface area contributed by atoms with E-state index in [9.17, 15) is 4.79 Å². The van der Waals surface area contributed by atoms with Gasteiger partial charge in [-0.2, -0.15) is 5.10 Å². The van der Waals surface area contributed by atoms with E-state index in [4.69, 9.17) is 23.2 Å². The Balaban J connectivity index is 1.56. The van der Waals surface area contributed by atoms with Crippen molar-refractivity contribution in [3.05, 3.63) is 58.6 Å². The molecule has 0 aromatic carbocycles. The van der Waals surface area contributed by atoms with Gasteiger partial charge < -0.3 is 0 Å². The van der Waals surface area contributed by atoms with Gasteiger partial charge in [0.2, 0.25) is 5.91 Å². The molecule has 0 saturated carbocycles. The molecule has 3 aromatic heterocycles. The monoisotopic (exact) mass is 401 g/mol. The number of piperidine rings is 1. The molecule has 27 heavy (non-hydrogen) atoms. The zero-order chi connectivity index (χ0) is 18.8. The SMILES string of the molecule is O=C1[C@@H](Cc2ccc(Cl)nc2)CCCN1c1[nH]nc(-c2ccncc2)c1Cl. The Morgan fingerprint density at radius 3 is 2.74 bits per heavy atom. The van der Waals surface area contributed by atoms with Crippen molar-refractivity contribution in [3.63, 3.8) is 0 Å². The van der Waals surface area contributed by atoms with Crippen molar-refractivity contribution >= 4 is 34.9 Å². The zero-order valence-corrected chi connectivity index (χ0v) is 15.9. The van der Waals surface area contributed by atoms with Crippen LogP contribution >= 0.6 is 23.2 Å². The van der Waals surface area contributed by atoms with Crippen molar-refractivity contribution in [2.75, 3.05) is 11.4 Å². The Bertz CT molecular complexity index is 942. The van der Waals surface area contributed by atoms with Crippen LogP contribution in [0.15, 0.2) is 42.9 Å². The van der Waals surface area contributed by atoms with E-state index in [-0.39, 0.29) is 11.8 Å². The van der Waals surface area contributed by atoms with E-state index in [1.54, 1.807) is 29.6 Å². The number of hydrogen-bond donors (Lipinski definition) is 1. The minimum absolute atomic E-state index is 0.0445. The number of halogens is 2. The average Bonchev–Trinajstić information content (AvgIpc) is 3.07. The van der Waals surface area contributed by atoms with E-state index in [1.807, 2.05) is 18.2 Å². The maximum absolute atomic E-state index is 13.1. The van der Waals surface area contributed by atoms with Crippen LogP contribution < -0.4 is 4.90 Å². The first-order valence-corrected chi connectivity index (χ1v) is 9.45. The largest absolute Gasteiger partial charge is 0.296 e. The third kappa shape index (κ3) is 3.68. The van der Waals surface area contributed by atoms with Gasteiger partial charge in [0.15, 0.2) is 5.82 Å². The van der Waals surface area contributed by atoms with Gasteiger partial charge in [-0.25, -0.2) is 4.98 Å². The molecule has 0 unspecified atom stereocenters. The number of carbonyl (C=O) groups is 1. The summed E-state index contributed by atoms with van der Waals surface area (Å²) in [5.41, 5.74) is 2.46. The molecule has 1 atom stereocenters. The van der Waals surface area contributed by atoms with Gasteiger partial charge in [0.05, 0.1) is 0 Å². The third-order valence-electron chi connectivity index (χ3n) is 4.73. The molecule has 6 nitrogen and oxygen atoms in total. The summed E-state index contributed by atoms with van der Waals surface area (Å²) < 4.78 is 0. The first kappa shape index (κ1) is 17.9. The first-order chi connectivity index (χ1) is 13.1. The molecule has 8 heteroatoms. The molecule has 1 amide bonds. The fourth-order valence-electron chi connectivity index (χ4n) is 3.37. The van der Waals surface area contributed by atoms with E-state index in [0.717, 1.165) is 24.0 Å². The molecule has 1 fully saturated rings. The van der Waals surface area contributed by atoms with Crippen molar-refractivity contribution in [2.45, 2.75) is 19.3 Å². The highest BCUT2D eigenvalue weighted by atomic mass is 35.5. The highest BCUT2D eigenvalue weighted by Gasteiger charge is 2.32. The normalized spacial score (nSPS) is 17.3. The number of pyridine rings is 2.